The molecule has 0 fully saturated rings. The number of hydrogen-bond acceptors (Lipinski definition) is 3. The fraction of sp³-hybridized carbons (Fsp3) is 0.176. The van der Waals surface area contributed by atoms with Gasteiger partial charge in [-0.3, -0.25) is 9.78 Å². The van der Waals surface area contributed by atoms with E-state index < -0.39 is 0 Å². The molecule has 0 aliphatic rings. The Morgan fingerprint density at radius 2 is 2.18 bits per heavy atom. The summed E-state index contributed by atoms with van der Waals surface area (Å²) >= 11 is 0. The summed E-state index contributed by atoms with van der Waals surface area (Å²) in [7, 11) is 1.86. The standard InChI is InChI=1S/C17H17N3O2/c1-12-11-20(2)16(15(12)14-7-5-9-22-14)17(21)19-10-13-6-3-4-8-18-13/h3-9,11H,10H2,1-2H3,(H,19,21). The molecule has 0 spiro atoms. The molecule has 0 saturated heterocycles. The topological polar surface area (TPSA) is 60.1 Å². The highest BCUT2D eigenvalue weighted by atomic mass is 16.3. The number of nitrogens with one attached hydrogen (secondary N) is 1. The second-order valence-corrected chi connectivity index (χ2v) is 5.13. The zero-order chi connectivity index (χ0) is 15.5. The number of carbonyl (C=O) groups excluding carboxylic acids is 1. The number of nitrogens with zero attached hydrogens (tertiary/aromatic N) is 2. The Bertz CT molecular complexity index is 774. The lowest BCUT2D eigenvalue weighted by Crippen LogP contribution is -2.25. The Hall–Kier alpha value is -2.82. The lowest BCUT2D eigenvalue weighted by atomic mass is 10.1. The molecule has 22 heavy (non-hydrogen) atoms. The van der Waals surface area contributed by atoms with E-state index in [9.17, 15) is 4.79 Å². The van der Waals surface area contributed by atoms with Crippen LogP contribution in [0.15, 0.2) is 53.4 Å². The average molecular weight is 295 g/mol. The van der Waals surface area contributed by atoms with Gasteiger partial charge in [-0.2, -0.15) is 0 Å². The van der Waals surface area contributed by atoms with Crippen LogP contribution in [0.2, 0.25) is 0 Å². The molecule has 1 amide bonds. The molecular weight excluding hydrogens is 278 g/mol. The highest BCUT2D eigenvalue weighted by molar-refractivity contribution is 5.99. The van der Waals surface area contributed by atoms with Crippen molar-refractivity contribution in [1.82, 2.24) is 14.9 Å². The monoisotopic (exact) mass is 295 g/mol. The van der Waals surface area contributed by atoms with Crippen LogP contribution in [-0.4, -0.2) is 15.5 Å². The van der Waals surface area contributed by atoms with Gasteiger partial charge in [0.15, 0.2) is 0 Å². The van der Waals surface area contributed by atoms with E-state index in [1.54, 1.807) is 12.5 Å². The van der Waals surface area contributed by atoms with Crippen LogP contribution in [0.5, 0.6) is 0 Å². The van der Waals surface area contributed by atoms with Crippen molar-refractivity contribution in [2.24, 2.45) is 7.05 Å². The van der Waals surface area contributed by atoms with Crippen LogP contribution in [0.4, 0.5) is 0 Å². The molecule has 5 nitrogen and oxygen atoms in total. The summed E-state index contributed by atoms with van der Waals surface area (Å²) in [5.74, 6) is 0.550. The van der Waals surface area contributed by atoms with Gasteiger partial charge >= 0.3 is 0 Å². The minimum Gasteiger partial charge on any atom is -0.464 e. The number of amides is 1. The van der Waals surface area contributed by atoms with Gasteiger partial charge in [-0.15, -0.1) is 0 Å². The first-order chi connectivity index (χ1) is 10.7. The molecule has 3 aromatic heterocycles. The Kier molecular flexibility index (Phi) is 3.78. The Balaban J connectivity index is 1.87. The van der Waals surface area contributed by atoms with Crippen LogP contribution in [0, 0.1) is 6.92 Å². The fourth-order valence-electron chi connectivity index (χ4n) is 2.55. The van der Waals surface area contributed by atoms with Crippen molar-refractivity contribution in [1.29, 1.82) is 0 Å². The van der Waals surface area contributed by atoms with Gasteiger partial charge in [-0.1, -0.05) is 6.07 Å². The number of hydrogen-bond donors (Lipinski definition) is 1. The Morgan fingerprint density at radius 3 is 2.86 bits per heavy atom. The van der Waals surface area contributed by atoms with Gasteiger partial charge in [0, 0.05) is 19.4 Å². The predicted molar refractivity (Wildman–Crippen MR) is 83.3 cm³/mol. The maximum Gasteiger partial charge on any atom is 0.268 e. The number of aryl methyl sites for hydroxylation is 2. The van der Waals surface area contributed by atoms with Crippen molar-refractivity contribution in [2.45, 2.75) is 13.5 Å². The van der Waals surface area contributed by atoms with Gasteiger partial charge in [-0.25, -0.2) is 0 Å². The molecule has 0 aliphatic heterocycles. The smallest absolute Gasteiger partial charge is 0.268 e. The molecule has 3 heterocycles. The number of rotatable bonds is 4. The van der Waals surface area contributed by atoms with E-state index in [-0.39, 0.29) is 5.91 Å². The van der Waals surface area contributed by atoms with E-state index in [0.29, 0.717) is 18.0 Å². The number of furan rings is 1. The lowest BCUT2D eigenvalue weighted by molar-refractivity contribution is 0.0943. The molecule has 0 aliphatic carbocycles. The highest BCUT2D eigenvalue weighted by Crippen LogP contribution is 2.29. The van der Waals surface area contributed by atoms with Gasteiger partial charge in [0.2, 0.25) is 0 Å². The van der Waals surface area contributed by atoms with Crippen LogP contribution < -0.4 is 5.32 Å². The quantitative estimate of drug-likeness (QED) is 0.805. The molecule has 0 saturated carbocycles. The molecule has 0 unspecified atom stereocenters. The van der Waals surface area contributed by atoms with Crippen LogP contribution in [0.1, 0.15) is 21.7 Å². The van der Waals surface area contributed by atoms with Gasteiger partial charge < -0.3 is 14.3 Å². The van der Waals surface area contributed by atoms with Crippen molar-refractivity contribution in [3.63, 3.8) is 0 Å². The first-order valence-corrected chi connectivity index (χ1v) is 7.04. The summed E-state index contributed by atoms with van der Waals surface area (Å²) < 4.78 is 7.28. The zero-order valence-electron chi connectivity index (χ0n) is 12.5. The van der Waals surface area contributed by atoms with E-state index in [1.807, 2.05) is 55.1 Å². The van der Waals surface area contributed by atoms with E-state index in [2.05, 4.69) is 10.3 Å². The van der Waals surface area contributed by atoms with E-state index in [4.69, 9.17) is 4.42 Å². The van der Waals surface area contributed by atoms with Crippen molar-refractivity contribution in [3.8, 4) is 11.3 Å². The lowest BCUT2D eigenvalue weighted by Gasteiger charge is -2.08. The molecular formula is C17H17N3O2. The SMILES string of the molecule is Cc1cn(C)c(C(=O)NCc2ccccn2)c1-c1ccco1. The van der Waals surface area contributed by atoms with Crippen molar-refractivity contribution < 1.29 is 9.21 Å². The minimum atomic E-state index is -0.146. The summed E-state index contributed by atoms with van der Waals surface area (Å²) in [6, 6.07) is 9.30. The van der Waals surface area contributed by atoms with Gasteiger partial charge in [0.05, 0.1) is 24.1 Å². The van der Waals surface area contributed by atoms with Crippen molar-refractivity contribution in [2.75, 3.05) is 0 Å². The second kappa shape index (κ2) is 5.89. The number of pyridine rings is 1. The summed E-state index contributed by atoms with van der Waals surface area (Å²) in [4.78, 5) is 16.8. The third-order valence-electron chi connectivity index (χ3n) is 3.51. The van der Waals surface area contributed by atoms with E-state index >= 15 is 0 Å². The summed E-state index contributed by atoms with van der Waals surface area (Å²) in [5, 5.41) is 2.91. The highest BCUT2D eigenvalue weighted by Gasteiger charge is 2.21. The van der Waals surface area contributed by atoms with E-state index in [0.717, 1.165) is 16.8 Å². The molecule has 112 valence electrons. The summed E-state index contributed by atoms with van der Waals surface area (Å²) in [6.45, 7) is 2.36. The number of aromatic nitrogens is 2. The molecule has 1 N–H and O–H groups in total. The third-order valence-corrected chi connectivity index (χ3v) is 3.51. The summed E-state index contributed by atoms with van der Waals surface area (Å²) in [5.41, 5.74) is 3.23. The van der Waals surface area contributed by atoms with Crippen LogP contribution in [0.3, 0.4) is 0 Å². The number of carbonyl (C=O) groups is 1. The largest absolute Gasteiger partial charge is 0.464 e. The fourth-order valence-corrected chi connectivity index (χ4v) is 2.55. The van der Waals surface area contributed by atoms with Gasteiger partial charge in [0.1, 0.15) is 11.5 Å². The first-order valence-electron chi connectivity index (χ1n) is 7.04. The zero-order valence-corrected chi connectivity index (χ0v) is 12.5. The summed E-state index contributed by atoms with van der Waals surface area (Å²) in [6.07, 6.45) is 5.24. The normalized spacial score (nSPS) is 10.6. The Labute approximate surface area is 128 Å². The van der Waals surface area contributed by atoms with Crippen LogP contribution >= 0.6 is 0 Å². The van der Waals surface area contributed by atoms with Crippen LogP contribution in [-0.2, 0) is 13.6 Å². The molecule has 0 atom stereocenters. The maximum absolute atomic E-state index is 12.6. The molecule has 3 rings (SSSR count). The van der Waals surface area contributed by atoms with Crippen molar-refractivity contribution in [3.05, 3.63) is 65.9 Å². The molecule has 0 radical (unpaired) electrons. The average Bonchev–Trinajstić information content (AvgIpc) is 3.13. The van der Waals surface area contributed by atoms with Gasteiger partial charge in [-0.05, 0) is 36.8 Å². The molecule has 5 heteroatoms. The predicted octanol–water partition coefficient (Wildman–Crippen LogP) is 2.92. The second-order valence-electron chi connectivity index (χ2n) is 5.13. The molecule has 3 aromatic rings. The molecule has 0 aromatic carbocycles. The van der Waals surface area contributed by atoms with Crippen molar-refractivity contribution >= 4 is 5.91 Å². The molecule has 0 bridgehead atoms. The minimum absolute atomic E-state index is 0.146. The maximum atomic E-state index is 12.6. The van der Waals surface area contributed by atoms with E-state index in [1.165, 1.54) is 0 Å². The third kappa shape index (κ3) is 2.65. The Morgan fingerprint density at radius 1 is 1.32 bits per heavy atom. The van der Waals surface area contributed by atoms with Crippen LogP contribution in [0.25, 0.3) is 11.3 Å². The first kappa shape index (κ1) is 14.1. The van der Waals surface area contributed by atoms with Gasteiger partial charge in [0.25, 0.3) is 5.91 Å².